The molecule has 108 valence electrons. The molecule has 0 bridgehead atoms. The summed E-state index contributed by atoms with van der Waals surface area (Å²) in [5, 5.41) is 9.43. The minimum Gasteiger partial charge on any atom is -0.311 e. The molecule has 0 saturated carbocycles. The third-order valence-corrected chi connectivity index (χ3v) is 6.99. The molecule has 1 saturated heterocycles. The fourth-order valence-electron chi connectivity index (χ4n) is 2.73. The summed E-state index contributed by atoms with van der Waals surface area (Å²) in [6.45, 7) is 5.54. The standard InChI is InChI=1S/C14H25N3S2/c1-4-8-17-11(6-7-16-17)13(15-3)14-12(5-2)18-9-10-19-14/h6-7,12-15H,4-5,8-10H2,1-3H3. The van der Waals surface area contributed by atoms with E-state index >= 15 is 0 Å². The van der Waals surface area contributed by atoms with Gasteiger partial charge < -0.3 is 5.32 Å². The SMILES string of the molecule is CCCn1nccc1C(NC)C1SCCSC1CC. The Balaban J connectivity index is 2.19. The topological polar surface area (TPSA) is 29.9 Å². The van der Waals surface area contributed by atoms with Crippen LogP contribution in [0.15, 0.2) is 12.3 Å². The van der Waals surface area contributed by atoms with E-state index in [0.29, 0.717) is 11.3 Å². The van der Waals surface area contributed by atoms with Crippen molar-refractivity contribution in [1.82, 2.24) is 15.1 Å². The van der Waals surface area contributed by atoms with Gasteiger partial charge in [-0.05, 0) is 26.0 Å². The largest absolute Gasteiger partial charge is 0.311 e. The molecule has 5 heteroatoms. The summed E-state index contributed by atoms with van der Waals surface area (Å²) in [7, 11) is 2.08. The maximum absolute atomic E-state index is 4.48. The van der Waals surface area contributed by atoms with Gasteiger partial charge in [0.05, 0.1) is 11.7 Å². The Morgan fingerprint density at radius 2 is 2.21 bits per heavy atom. The second kappa shape index (κ2) is 7.60. The summed E-state index contributed by atoms with van der Waals surface area (Å²) in [5.41, 5.74) is 1.35. The van der Waals surface area contributed by atoms with E-state index < -0.39 is 0 Å². The fourth-order valence-corrected chi connectivity index (χ4v) is 6.01. The van der Waals surface area contributed by atoms with Gasteiger partial charge in [-0.2, -0.15) is 28.6 Å². The van der Waals surface area contributed by atoms with Crippen LogP contribution >= 0.6 is 23.5 Å². The van der Waals surface area contributed by atoms with Gasteiger partial charge in [-0.1, -0.05) is 13.8 Å². The molecular weight excluding hydrogens is 274 g/mol. The fraction of sp³-hybridized carbons (Fsp3) is 0.786. The number of thioether (sulfide) groups is 2. The minimum absolute atomic E-state index is 0.414. The zero-order chi connectivity index (χ0) is 13.7. The molecule has 1 aromatic rings. The highest BCUT2D eigenvalue weighted by Crippen LogP contribution is 2.40. The molecule has 3 unspecified atom stereocenters. The second-order valence-corrected chi connectivity index (χ2v) is 7.53. The zero-order valence-electron chi connectivity index (χ0n) is 12.1. The molecule has 3 atom stereocenters. The van der Waals surface area contributed by atoms with Crippen LogP contribution in [0.25, 0.3) is 0 Å². The number of hydrogen-bond donors (Lipinski definition) is 1. The van der Waals surface area contributed by atoms with Crippen LogP contribution in [0.1, 0.15) is 38.4 Å². The number of hydrogen-bond acceptors (Lipinski definition) is 4. The first-order valence-corrected chi connectivity index (χ1v) is 9.33. The molecule has 0 amide bonds. The highest BCUT2D eigenvalue weighted by atomic mass is 32.2. The monoisotopic (exact) mass is 299 g/mol. The first-order chi connectivity index (χ1) is 9.31. The van der Waals surface area contributed by atoms with Gasteiger partial charge in [0.1, 0.15) is 0 Å². The van der Waals surface area contributed by atoms with Gasteiger partial charge in [-0.25, -0.2) is 0 Å². The van der Waals surface area contributed by atoms with Crippen LogP contribution in [-0.4, -0.2) is 38.8 Å². The van der Waals surface area contributed by atoms with Crippen LogP contribution in [0, 0.1) is 0 Å². The van der Waals surface area contributed by atoms with Crippen molar-refractivity contribution in [1.29, 1.82) is 0 Å². The van der Waals surface area contributed by atoms with E-state index in [0.717, 1.165) is 18.2 Å². The first kappa shape index (κ1) is 15.3. The van der Waals surface area contributed by atoms with Gasteiger partial charge in [0, 0.05) is 34.7 Å². The number of rotatable bonds is 6. The second-order valence-electron chi connectivity index (χ2n) is 4.90. The van der Waals surface area contributed by atoms with Crippen LogP contribution < -0.4 is 5.32 Å². The summed E-state index contributed by atoms with van der Waals surface area (Å²) >= 11 is 4.27. The third-order valence-electron chi connectivity index (χ3n) is 3.64. The Morgan fingerprint density at radius 1 is 1.42 bits per heavy atom. The lowest BCUT2D eigenvalue weighted by molar-refractivity contribution is 0.476. The summed E-state index contributed by atoms with van der Waals surface area (Å²) in [6.07, 6.45) is 4.33. The third kappa shape index (κ3) is 3.50. The van der Waals surface area contributed by atoms with Gasteiger partial charge in [0.15, 0.2) is 0 Å². The molecule has 0 radical (unpaired) electrons. The quantitative estimate of drug-likeness (QED) is 0.874. The Kier molecular flexibility index (Phi) is 6.10. The molecule has 0 spiro atoms. The van der Waals surface area contributed by atoms with E-state index in [-0.39, 0.29) is 0 Å². The van der Waals surface area contributed by atoms with E-state index in [2.05, 4.69) is 65.6 Å². The molecule has 1 fully saturated rings. The van der Waals surface area contributed by atoms with Crippen molar-refractivity contribution in [3.8, 4) is 0 Å². The molecular formula is C14H25N3S2. The van der Waals surface area contributed by atoms with Crippen molar-refractivity contribution in [3.63, 3.8) is 0 Å². The van der Waals surface area contributed by atoms with Gasteiger partial charge >= 0.3 is 0 Å². The Hall–Kier alpha value is -0.130. The van der Waals surface area contributed by atoms with Gasteiger partial charge in [-0.15, -0.1) is 0 Å². The highest BCUT2D eigenvalue weighted by molar-refractivity contribution is 8.07. The molecule has 0 aliphatic carbocycles. The Morgan fingerprint density at radius 3 is 2.89 bits per heavy atom. The van der Waals surface area contributed by atoms with E-state index in [1.165, 1.54) is 23.6 Å². The first-order valence-electron chi connectivity index (χ1n) is 7.24. The lowest BCUT2D eigenvalue weighted by Gasteiger charge is -2.36. The van der Waals surface area contributed by atoms with Crippen molar-refractivity contribution in [2.24, 2.45) is 0 Å². The summed E-state index contributed by atoms with van der Waals surface area (Å²) in [4.78, 5) is 0. The van der Waals surface area contributed by atoms with Crippen molar-refractivity contribution in [2.45, 2.75) is 49.8 Å². The van der Waals surface area contributed by atoms with Crippen LogP contribution in [0.4, 0.5) is 0 Å². The Bertz CT molecular complexity index is 381. The normalized spacial score (nSPS) is 25.4. The summed E-state index contributed by atoms with van der Waals surface area (Å²) in [5.74, 6) is 2.57. The predicted molar refractivity (Wildman–Crippen MR) is 87.1 cm³/mol. The zero-order valence-corrected chi connectivity index (χ0v) is 13.8. The van der Waals surface area contributed by atoms with Crippen molar-refractivity contribution in [3.05, 3.63) is 18.0 Å². The average molecular weight is 300 g/mol. The number of nitrogens with one attached hydrogen (secondary N) is 1. The minimum atomic E-state index is 0.414. The molecule has 2 heterocycles. The molecule has 2 rings (SSSR count). The molecule has 0 aromatic carbocycles. The van der Waals surface area contributed by atoms with Crippen molar-refractivity contribution >= 4 is 23.5 Å². The van der Waals surface area contributed by atoms with Gasteiger partial charge in [-0.3, -0.25) is 4.68 Å². The molecule has 1 N–H and O–H groups in total. The molecule has 3 nitrogen and oxygen atoms in total. The highest BCUT2D eigenvalue weighted by Gasteiger charge is 2.33. The van der Waals surface area contributed by atoms with E-state index in [1.54, 1.807) is 0 Å². The number of aromatic nitrogens is 2. The van der Waals surface area contributed by atoms with Crippen molar-refractivity contribution < 1.29 is 0 Å². The summed E-state index contributed by atoms with van der Waals surface area (Å²) in [6, 6.07) is 2.60. The summed E-state index contributed by atoms with van der Waals surface area (Å²) < 4.78 is 2.17. The number of nitrogens with zero attached hydrogens (tertiary/aromatic N) is 2. The molecule has 1 aromatic heterocycles. The van der Waals surface area contributed by atoms with Gasteiger partial charge in [0.25, 0.3) is 0 Å². The van der Waals surface area contributed by atoms with E-state index in [9.17, 15) is 0 Å². The van der Waals surface area contributed by atoms with E-state index in [4.69, 9.17) is 0 Å². The van der Waals surface area contributed by atoms with E-state index in [1.807, 2.05) is 6.20 Å². The number of aryl methyl sites for hydroxylation is 1. The molecule has 1 aliphatic heterocycles. The Labute approximate surface area is 125 Å². The van der Waals surface area contributed by atoms with Crippen LogP contribution in [-0.2, 0) is 6.54 Å². The molecule has 1 aliphatic rings. The lowest BCUT2D eigenvalue weighted by atomic mass is 10.1. The van der Waals surface area contributed by atoms with Crippen LogP contribution in [0.3, 0.4) is 0 Å². The lowest BCUT2D eigenvalue weighted by Crippen LogP contribution is -2.38. The van der Waals surface area contributed by atoms with Crippen LogP contribution in [0.5, 0.6) is 0 Å². The van der Waals surface area contributed by atoms with Crippen molar-refractivity contribution in [2.75, 3.05) is 18.6 Å². The van der Waals surface area contributed by atoms with Crippen LogP contribution in [0.2, 0.25) is 0 Å². The predicted octanol–water partition coefficient (Wildman–Crippen LogP) is 3.18. The molecule has 19 heavy (non-hydrogen) atoms. The average Bonchev–Trinajstić information content (AvgIpc) is 2.89. The van der Waals surface area contributed by atoms with Gasteiger partial charge in [0.2, 0.25) is 0 Å². The maximum atomic E-state index is 4.48. The maximum Gasteiger partial charge on any atom is 0.0620 e. The smallest absolute Gasteiger partial charge is 0.0620 e.